The van der Waals surface area contributed by atoms with Gasteiger partial charge in [-0.2, -0.15) is 5.26 Å². The zero-order valence-electron chi connectivity index (χ0n) is 20.7. The number of amides is 1. The van der Waals surface area contributed by atoms with Gasteiger partial charge in [-0.15, -0.1) is 0 Å². The van der Waals surface area contributed by atoms with Crippen molar-refractivity contribution in [3.8, 4) is 17.3 Å². The maximum absolute atomic E-state index is 13.0. The maximum Gasteiger partial charge on any atom is 0.254 e. The Bertz CT molecular complexity index is 1270. The van der Waals surface area contributed by atoms with Crippen molar-refractivity contribution >= 4 is 23.2 Å². The summed E-state index contributed by atoms with van der Waals surface area (Å²) in [6, 6.07) is 17.6. The highest BCUT2D eigenvalue weighted by atomic mass is 16.2. The highest BCUT2D eigenvalue weighted by Crippen LogP contribution is 2.29. The number of piperazine rings is 1. The summed E-state index contributed by atoms with van der Waals surface area (Å²) in [6.07, 6.45) is 4.03. The first kappa shape index (κ1) is 23.8. The van der Waals surface area contributed by atoms with E-state index in [4.69, 9.17) is 0 Å². The second-order valence-electron chi connectivity index (χ2n) is 9.24. The molecule has 0 bridgehead atoms. The summed E-state index contributed by atoms with van der Waals surface area (Å²) < 4.78 is 0. The second-order valence-corrected chi connectivity index (χ2v) is 9.24. The molecule has 0 atom stereocenters. The van der Waals surface area contributed by atoms with Crippen LogP contribution in [0.25, 0.3) is 11.3 Å². The molecule has 1 amide bonds. The minimum Gasteiger partial charge on any atom is -0.370 e. The van der Waals surface area contributed by atoms with Gasteiger partial charge in [0.1, 0.15) is 6.07 Å². The molecule has 1 aromatic heterocycles. The molecule has 0 spiro atoms. The topological polar surface area (TPSA) is 88.4 Å². The Morgan fingerprint density at radius 3 is 2.58 bits per heavy atom. The lowest BCUT2D eigenvalue weighted by Crippen LogP contribution is -2.48. The Balaban J connectivity index is 1.31. The van der Waals surface area contributed by atoms with Crippen molar-refractivity contribution in [1.82, 2.24) is 19.8 Å². The Morgan fingerprint density at radius 2 is 1.83 bits per heavy atom. The fourth-order valence-corrected chi connectivity index (χ4v) is 4.91. The van der Waals surface area contributed by atoms with Crippen molar-refractivity contribution < 1.29 is 4.79 Å². The molecule has 3 aromatic rings. The summed E-state index contributed by atoms with van der Waals surface area (Å²) in [7, 11) is 0. The number of hydrogen-bond donors (Lipinski definition) is 1. The van der Waals surface area contributed by atoms with Crippen molar-refractivity contribution in [2.24, 2.45) is 0 Å². The molecule has 2 saturated heterocycles. The van der Waals surface area contributed by atoms with E-state index >= 15 is 0 Å². The highest BCUT2D eigenvalue weighted by molar-refractivity contribution is 5.95. The molecule has 2 fully saturated rings. The number of benzene rings is 2. The van der Waals surface area contributed by atoms with Crippen LogP contribution in [0.1, 0.15) is 35.7 Å². The van der Waals surface area contributed by atoms with Gasteiger partial charge in [0, 0.05) is 62.3 Å². The molecule has 0 saturated carbocycles. The number of nitriles is 1. The average Bonchev–Trinajstić information content (AvgIpc) is 3.47. The number of carbonyl (C=O) groups is 1. The van der Waals surface area contributed by atoms with E-state index in [1.54, 1.807) is 6.20 Å². The average molecular weight is 482 g/mol. The summed E-state index contributed by atoms with van der Waals surface area (Å²) in [5.74, 6) is 0.488. The Morgan fingerprint density at radius 1 is 1.03 bits per heavy atom. The Kier molecular flexibility index (Phi) is 7.10. The van der Waals surface area contributed by atoms with Crippen molar-refractivity contribution in [3.05, 3.63) is 65.9 Å². The summed E-state index contributed by atoms with van der Waals surface area (Å²) in [5, 5.41) is 13.0. The van der Waals surface area contributed by atoms with Gasteiger partial charge in [-0.05, 0) is 55.8 Å². The zero-order valence-corrected chi connectivity index (χ0v) is 20.7. The molecule has 8 nitrogen and oxygen atoms in total. The van der Waals surface area contributed by atoms with E-state index < -0.39 is 0 Å². The number of hydrogen-bond acceptors (Lipinski definition) is 7. The predicted molar refractivity (Wildman–Crippen MR) is 141 cm³/mol. The van der Waals surface area contributed by atoms with Crippen LogP contribution in [-0.4, -0.2) is 71.5 Å². The van der Waals surface area contributed by atoms with E-state index in [1.807, 2.05) is 53.4 Å². The Hall–Kier alpha value is -3.96. The molecule has 1 N–H and O–H groups in total. The summed E-state index contributed by atoms with van der Waals surface area (Å²) in [6.45, 7) is 8.46. The number of anilines is 3. The van der Waals surface area contributed by atoms with Crippen molar-refractivity contribution in [3.63, 3.8) is 0 Å². The molecule has 36 heavy (non-hydrogen) atoms. The summed E-state index contributed by atoms with van der Waals surface area (Å²) in [5.41, 5.74) is 4.66. The zero-order chi connectivity index (χ0) is 24.9. The maximum atomic E-state index is 13.0. The lowest BCUT2D eigenvalue weighted by Gasteiger charge is -2.34. The number of likely N-dealkylation sites (N-methyl/N-ethyl adjacent to an activating group) is 1. The Labute approximate surface area is 212 Å². The van der Waals surface area contributed by atoms with Gasteiger partial charge in [0.05, 0.1) is 16.9 Å². The third kappa shape index (κ3) is 5.16. The fraction of sp³-hybridized carbons (Fsp3) is 0.357. The van der Waals surface area contributed by atoms with Crippen LogP contribution < -0.4 is 10.2 Å². The van der Waals surface area contributed by atoms with Gasteiger partial charge in [0.25, 0.3) is 5.91 Å². The third-order valence-corrected chi connectivity index (χ3v) is 6.99. The van der Waals surface area contributed by atoms with Crippen LogP contribution in [0.15, 0.2) is 54.7 Å². The smallest absolute Gasteiger partial charge is 0.254 e. The van der Waals surface area contributed by atoms with Gasteiger partial charge < -0.3 is 20.0 Å². The van der Waals surface area contributed by atoms with Crippen LogP contribution in [0.5, 0.6) is 0 Å². The van der Waals surface area contributed by atoms with E-state index in [2.05, 4.69) is 38.1 Å². The first-order valence-corrected chi connectivity index (χ1v) is 12.7. The monoisotopic (exact) mass is 481 g/mol. The summed E-state index contributed by atoms with van der Waals surface area (Å²) >= 11 is 0. The molecule has 184 valence electrons. The molecule has 2 aromatic carbocycles. The van der Waals surface area contributed by atoms with Crippen LogP contribution >= 0.6 is 0 Å². The molecule has 5 rings (SSSR count). The number of nitrogens with zero attached hydrogens (tertiary/aromatic N) is 6. The molecular weight excluding hydrogens is 450 g/mol. The van der Waals surface area contributed by atoms with E-state index in [-0.39, 0.29) is 5.91 Å². The molecule has 2 aliphatic heterocycles. The molecule has 3 heterocycles. The van der Waals surface area contributed by atoms with Gasteiger partial charge in [-0.1, -0.05) is 19.1 Å². The van der Waals surface area contributed by atoms with Crippen LogP contribution in [0, 0.1) is 11.3 Å². The van der Waals surface area contributed by atoms with Crippen LogP contribution in [-0.2, 0) is 0 Å². The molecule has 0 unspecified atom stereocenters. The number of rotatable bonds is 6. The standard InChI is InChI=1S/C28H31N7O/c1-2-33-14-16-35(17-15-33)27(36)22-6-5-7-24(19-22)31-28-30-11-10-25(32-28)21-8-9-26(23(18-21)20-29)34-12-3-4-13-34/h5-11,18-19H,2-4,12-17H2,1H3,(H,30,31,32). The van der Waals surface area contributed by atoms with E-state index in [9.17, 15) is 10.1 Å². The van der Waals surface area contributed by atoms with Crippen LogP contribution in [0.3, 0.4) is 0 Å². The van der Waals surface area contributed by atoms with Gasteiger partial charge in [-0.25, -0.2) is 9.97 Å². The molecule has 0 radical (unpaired) electrons. The van der Waals surface area contributed by atoms with Crippen LogP contribution in [0.2, 0.25) is 0 Å². The van der Waals surface area contributed by atoms with E-state index in [1.165, 1.54) is 0 Å². The van der Waals surface area contributed by atoms with Gasteiger partial charge in [-0.3, -0.25) is 4.79 Å². The quantitative estimate of drug-likeness (QED) is 0.566. The molecule has 0 aliphatic carbocycles. The van der Waals surface area contributed by atoms with Gasteiger partial charge in [0.15, 0.2) is 0 Å². The normalized spacial score (nSPS) is 16.1. The van der Waals surface area contributed by atoms with E-state index in [0.29, 0.717) is 17.1 Å². The number of nitrogens with one attached hydrogen (secondary N) is 1. The molecule has 2 aliphatic rings. The lowest BCUT2D eigenvalue weighted by molar-refractivity contribution is 0.0643. The van der Waals surface area contributed by atoms with Crippen molar-refractivity contribution in [2.75, 3.05) is 56.0 Å². The predicted octanol–water partition coefficient (Wildman–Crippen LogP) is 4.14. The molecular formula is C28H31N7O. The first-order chi connectivity index (χ1) is 17.6. The van der Waals surface area contributed by atoms with Crippen LogP contribution in [0.4, 0.5) is 17.3 Å². The molecule has 8 heteroatoms. The summed E-state index contributed by atoms with van der Waals surface area (Å²) in [4.78, 5) is 28.6. The number of aromatic nitrogens is 2. The lowest BCUT2D eigenvalue weighted by atomic mass is 10.1. The number of carbonyl (C=O) groups excluding carboxylic acids is 1. The third-order valence-electron chi connectivity index (χ3n) is 6.99. The van der Waals surface area contributed by atoms with Gasteiger partial charge in [0.2, 0.25) is 5.95 Å². The fourth-order valence-electron chi connectivity index (χ4n) is 4.91. The highest BCUT2D eigenvalue weighted by Gasteiger charge is 2.21. The van der Waals surface area contributed by atoms with Crippen molar-refractivity contribution in [2.45, 2.75) is 19.8 Å². The van der Waals surface area contributed by atoms with Crippen molar-refractivity contribution in [1.29, 1.82) is 5.26 Å². The minimum atomic E-state index is 0.0474. The largest absolute Gasteiger partial charge is 0.370 e. The van der Waals surface area contributed by atoms with E-state index in [0.717, 1.165) is 81.3 Å². The first-order valence-electron chi connectivity index (χ1n) is 12.7. The van der Waals surface area contributed by atoms with Gasteiger partial charge >= 0.3 is 0 Å². The SMILES string of the molecule is CCN1CCN(C(=O)c2cccc(Nc3nccc(-c4ccc(N5CCCC5)c(C#N)c4)n3)c2)CC1. The second kappa shape index (κ2) is 10.8. The minimum absolute atomic E-state index is 0.0474.